The number of rotatable bonds is 6. The molecule has 0 aliphatic heterocycles. The topological polar surface area (TPSA) is 67.4 Å². The largest absolute Gasteiger partial charge is 0.495 e. The van der Waals surface area contributed by atoms with Gasteiger partial charge in [0.1, 0.15) is 15.1 Å². The van der Waals surface area contributed by atoms with Crippen LogP contribution in [0.1, 0.15) is 41.1 Å². The fourth-order valence-corrected chi connectivity index (χ4v) is 5.00. The Bertz CT molecular complexity index is 942. The molecule has 2 N–H and O–H groups in total. The van der Waals surface area contributed by atoms with E-state index in [0.717, 1.165) is 10.4 Å². The molecule has 1 unspecified atom stereocenters. The number of para-hydroxylation sites is 2. The number of halogens is 2. The Kier molecular flexibility index (Phi) is 5.67. The molecule has 1 atom stereocenters. The molecule has 2 aromatic rings. The first kappa shape index (κ1) is 21.0. The molecule has 1 aromatic heterocycles. The average Bonchev–Trinajstić information content (AvgIpc) is 3.01. The maximum atomic E-state index is 13.1. The molecule has 8 heteroatoms. The van der Waals surface area contributed by atoms with Gasteiger partial charge in [-0.2, -0.15) is 0 Å². The maximum Gasteiger partial charge on any atom is 0.259 e. The summed E-state index contributed by atoms with van der Waals surface area (Å²) < 4.78 is 4.23. The van der Waals surface area contributed by atoms with Crippen molar-refractivity contribution < 1.29 is 14.3 Å². The van der Waals surface area contributed by atoms with Crippen molar-refractivity contribution >= 4 is 57.0 Å². The number of benzene rings is 1. The number of thiophene rings is 1. The summed E-state index contributed by atoms with van der Waals surface area (Å²) in [6.45, 7) is 5.63. The molecule has 1 aliphatic rings. The molecule has 2 amide bonds. The third-order valence-corrected chi connectivity index (χ3v) is 7.30. The highest BCUT2D eigenvalue weighted by Gasteiger charge is 2.68. The van der Waals surface area contributed by atoms with Crippen LogP contribution in [0.4, 0.5) is 10.7 Å². The van der Waals surface area contributed by atoms with E-state index in [9.17, 15) is 9.59 Å². The SMILES string of the molecule is CCc1c(C)sc(NC(=O)C2(C)CC2(Cl)Cl)c1C(=O)Nc1ccccc1OC. The van der Waals surface area contributed by atoms with Gasteiger partial charge in [-0.3, -0.25) is 9.59 Å². The summed E-state index contributed by atoms with van der Waals surface area (Å²) in [4.78, 5) is 26.8. The Labute approximate surface area is 178 Å². The number of ether oxygens (including phenoxy) is 1. The molecular formula is C20H22Cl2N2O3S. The fraction of sp³-hybridized carbons (Fsp3) is 0.400. The van der Waals surface area contributed by atoms with E-state index in [1.807, 2.05) is 26.0 Å². The second-order valence-corrected chi connectivity index (χ2v) is 9.73. The lowest BCUT2D eigenvalue weighted by Gasteiger charge is -2.14. The number of carbonyl (C=O) groups excluding carboxylic acids is 2. The van der Waals surface area contributed by atoms with E-state index in [0.29, 0.717) is 34.8 Å². The van der Waals surface area contributed by atoms with Crippen molar-refractivity contribution in [1.29, 1.82) is 0 Å². The first-order chi connectivity index (χ1) is 13.1. The third-order valence-electron chi connectivity index (χ3n) is 5.13. The van der Waals surface area contributed by atoms with Gasteiger partial charge in [0, 0.05) is 4.88 Å². The summed E-state index contributed by atoms with van der Waals surface area (Å²) >= 11 is 13.6. The minimum absolute atomic E-state index is 0.284. The summed E-state index contributed by atoms with van der Waals surface area (Å²) in [5.41, 5.74) is 1.06. The standard InChI is InChI=1S/C20H22Cl2N2O3S/c1-5-12-11(2)28-17(24-18(26)19(3)10-20(19,21)22)15(12)16(25)23-13-8-6-7-9-14(13)27-4/h6-9H,5,10H2,1-4H3,(H,23,25)(H,24,26). The Hall–Kier alpha value is -1.76. The van der Waals surface area contributed by atoms with Crippen molar-refractivity contribution in [2.45, 2.75) is 37.9 Å². The highest BCUT2D eigenvalue weighted by molar-refractivity contribution is 7.16. The van der Waals surface area contributed by atoms with E-state index in [1.54, 1.807) is 26.2 Å². The molecule has 1 fully saturated rings. The molecule has 5 nitrogen and oxygen atoms in total. The normalized spacial score (nSPS) is 19.8. The van der Waals surface area contributed by atoms with Gasteiger partial charge >= 0.3 is 0 Å². The van der Waals surface area contributed by atoms with E-state index in [2.05, 4.69) is 10.6 Å². The minimum Gasteiger partial charge on any atom is -0.495 e. The molecule has 1 aliphatic carbocycles. The number of aryl methyl sites for hydroxylation is 1. The minimum atomic E-state index is -1.07. The average molecular weight is 441 g/mol. The summed E-state index contributed by atoms with van der Waals surface area (Å²) in [6.07, 6.45) is 1.04. The zero-order valence-electron chi connectivity index (χ0n) is 16.1. The van der Waals surface area contributed by atoms with Crippen LogP contribution in [0.15, 0.2) is 24.3 Å². The van der Waals surface area contributed by atoms with Crippen molar-refractivity contribution in [3.05, 3.63) is 40.3 Å². The van der Waals surface area contributed by atoms with E-state index in [-0.39, 0.29) is 11.8 Å². The van der Waals surface area contributed by atoms with E-state index in [1.165, 1.54) is 11.3 Å². The van der Waals surface area contributed by atoms with Gasteiger partial charge in [-0.15, -0.1) is 34.5 Å². The number of nitrogens with one attached hydrogen (secondary N) is 2. The molecule has 3 rings (SSSR count). The van der Waals surface area contributed by atoms with Gasteiger partial charge in [0.05, 0.1) is 23.8 Å². The number of carbonyl (C=O) groups is 2. The lowest BCUT2D eigenvalue weighted by Crippen LogP contribution is -2.27. The lowest BCUT2D eigenvalue weighted by molar-refractivity contribution is -0.120. The third kappa shape index (κ3) is 3.61. The van der Waals surface area contributed by atoms with Crippen LogP contribution in [0, 0.1) is 12.3 Å². The van der Waals surface area contributed by atoms with E-state index < -0.39 is 9.75 Å². The molecule has 0 spiro atoms. The van der Waals surface area contributed by atoms with Crippen LogP contribution in [0.3, 0.4) is 0 Å². The fourth-order valence-electron chi connectivity index (χ4n) is 3.15. The lowest BCUT2D eigenvalue weighted by atomic mass is 10.1. The monoisotopic (exact) mass is 440 g/mol. The first-order valence-electron chi connectivity index (χ1n) is 8.90. The summed E-state index contributed by atoms with van der Waals surface area (Å²) in [7, 11) is 1.55. The molecule has 1 heterocycles. The summed E-state index contributed by atoms with van der Waals surface area (Å²) in [5, 5.41) is 6.27. The Balaban J connectivity index is 1.91. The van der Waals surface area contributed by atoms with Gasteiger partial charge in [-0.25, -0.2) is 0 Å². The quantitative estimate of drug-likeness (QED) is 0.590. The molecule has 28 heavy (non-hydrogen) atoms. The van der Waals surface area contributed by atoms with Gasteiger partial charge in [-0.05, 0) is 44.4 Å². The predicted molar refractivity (Wildman–Crippen MR) is 115 cm³/mol. The zero-order chi connectivity index (χ0) is 20.7. The van der Waals surface area contributed by atoms with Crippen LogP contribution in [-0.2, 0) is 11.2 Å². The maximum absolute atomic E-state index is 13.1. The first-order valence-corrected chi connectivity index (χ1v) is 10.5. The second-order valence-electron chi connectivity index (χ2n) is 7.02. The van der Waals surface area contributed by atoms with Gasteiger partial charge in [0.25, 0.3) is 5.91 Å². The van der Waals surface area contributed by atoms with Gasteiger partial charge < -0.3 is 15.4 Å². The molecule has 1 saturated carbocycles. The van der Waals surface area contributed by atoms with Gasteiger partial charge in [-0.1, -0.05) is 19.1 Å². The highest BCUT2D eigenvalue weighted by Crippen LogP contribution is 2.64. The van der Waals surface area contributed by atoms with E-state index >= 15 is 0 Å². The smallest absolute Gasteiger partial charge is 0.259 e. The number of anilines is 2. The molecule has 1 aromatic carbocycles. The van der Waals surface area contributed by atoms with E-state index in [4.69, 9.17) is 27.9 Å². The number of methoxy groups -OCH3 is 1. The predicted octanol–water partition coefficient (Wildman–Crippen LogP) is 5.40. The van der Waals surface area contributed by atoms with Crippen molar-refractivity contribution in [2.24, 2.45) is 5.41 Å². The number of hydrogen-bond acceptors (Lipinski definition) is 4. The van der Waals surface area contributed by atoms with Gasteiger partial charge in [0.2, 0.25) is 5.91 Å². The number of alkyl halides is 2. The van der Waals surface area contributed by atoms with Crippen LogP contribution in [0.5, 0.6) is 5.75 Å². The van der Waals surface area contributed by atoms with Crippen molar-refractivity contribution in [3.63, 3.8) is 0 Å². The number of amides is 2. The molecule has 0 saturated heterocycles. The van der Waals surface area contributed by atoms with Crippen molar-refractivity contribution in [1.82, 2.24) is 0 Å². The van der Waals surface area contributed by atoms with Crippen molar-refractivity contribution in [3.8, 4) is 5.75 Å². The summed E-state index contributed by atoms with van der Waals surface area (Å²) in [5.74, 6) is -0.0244. The second kappa shape index (κ2) is 7.58. The van der Waals surface area contributed by atoms with Crippen LogP contribution in [0.25, 0.3) is 0 Å². The Morgan fingerprint density at radius 1 is 1.25 bits per heavy atom. The molecule has 150 valence electrons. The molecule has 0 radical (unpaired) electrons. The number of hydrogen-bond donors (Lipinski definition) is 2. The Morgan fingerprint density at radius 2 is 1.89 bits per heavy atom. The molecule has 0 bridgehead atoms. The zero-order valence-corrected chi connectivity index (χ0v) is 18.4. The highest BCUT2D eigenvalue weighted by atomic mass is 35.5. The van der Waals surface area contributed by atoms with Gasteiger partial charge in [0.15, 0.2) is 0 Å². The van der Waals surface area contributed by atoms with Crippen LogP contribution in [0.2, 0.25) is 0 Å². The molecular weight excluding hydrogens is 419 g/mol. The van der Waals surface area contributed by atoms with Crippen LogP contribution < -0.4 is 15.4 Å². The van der Waals surface area contributed by atoms with Crippen LogP contribution >= 0.6 is 34.5 Å². The van der Waals surface area contributed by atoms with Crippen molar-refractivity contribution in [2.75, 3.05) is 17.7 Å². The summed E-state index contributed by atoms with van der Waals surface area (Å²) in [6, 6.07) is 7.18. The Morgan fingerprint density at radius 3 is 2.46 bits per heavy atom. The van der Waals surface area contributed by atoms with Crippen LogP contribution in [-0.4, -0.2) is 23.3 Å².